The van der Waals surface area contributed by atoms with E-state index >= 15 is 0 Å². The van der Waals surface area contributed by atoms with E-state index in [0.29, 0.717) is 23.9 Å². The number of amides is 1. The van der Waals surface area contributed by atoms with Gasteiger partial charge in [0.25, 0.3) is 0 Å². The molecule has 0 aromatic rings. The fraction of sp³-hybridized carbons (Fsp3) is 0.919. The number of phosphoric acid groups is 1. The van der Waals surface area contributed by atoms with Gasteiger partial charge in [0.05, 0.1) is 39.9 Å². The molecule has 0 saturated carbocycles. The number of carbonyl (C=O) groups is 1. The molecule has 0 heterocycles. The molecule has 0 aliphatic rings. The van der Waals surface area contributed by atoms with Crippen LogP contribution in [0.2, 0.25) is 0 Å². The van der Waals surface area contributed by atoms with Crippen LogP contribution in [-0.2, 0) is 18.4 Å². The minimum absolute atomic E-state index is 0.0747. The molecule has 1 amide bonds. The Morgan fingerprint density at radius 3 is 1.67 bits per heavy atom. The summed E-state index contributed by atoms with van der Waals surface area (Å²) in [6.45, 7) is 4.78. The zero-order valence-electron chi connectivity index (χ0n) is 30.8. The predicted octanol–water partition coefficient (Wildman–Crippen LogP) is 9.63. The van der Waals surface area contributed by atoms with Gasteiger partial charge in [-0.1, -0.05) is 135 Å². The van der Waals surface area contributed by atoms with Gasteiger partial charge in [0.15, 0.2) is 0 Å². The van der Waals surface area contributed by atoms with Crippen LogP contribution in [0.1, 0.15) is 168 Å². The number of unbranched alkanes of at least 4 members (excludes halogenated alkanes) is 19. The van der Waals surface area contributed by atoms with E-state index in [4.69, 9.17) is 9.05 Å². The minimum Gasteiger partial charge on any atom is -0.391 e. The molecule has 0 spiro atoms. The maximum atomic E-state index is 12.7. The second kappa shape index (κ2) is 30.3. The van der Waals surface area contributed by atoms with E-state index in [1.807, 2.05) is 21.1 Å². The van der Waals surface area contributed by atoms with Crippen LogP contribution in [0.4, 0.5) is 0 Å². The average Bonchev–Trinajstić information content (AvgIpc) is 2.99. The van der Waals surface area contributed by atoms with Crippen LogP contribution in [-0.4, -0.2) is 73.4 Å². The maximum Gasteiger partial charge on any atom is 0.472 e. The largest absolute Gasteiger partial charge is 0.472 e. The van der Waals surface area contributed by atoms with Crippen molar-refractivity contribution in [3.63, 3.8) is 0 Å². The highest BCUT2D eigenvalue weighted by Gasteiger charge is 2.28. The van der Waals surface area contributed by atoms with E-state index in [1.165, 1.54) is 89.9 Å². The first kappa shape index (κ1) is 45.2. The van der Waals surface area contributed by atoms with Crippen molar-refractivity contribution in [1.29, 1.82) is 0 Å². The van der Waals surface area contributed by atoms with Crippen LogP contribution in [0.25, 0.3) is 0 Å². The Morgan fingerprint density at radius 1 is 0.717 bits per heavy atom. The number of aliphatic hydroxyl groups is 1. The third-order valence-corrected chi connectivity index (χ3v) is 9.50. The molecule has 0 aromatic carbocycles. The normalized spacial score (nSPS) is 14.8. The van der Waals surface area contributed by atoms with Gasteiger partial charge in [-0.3, -0.25) is 13.8 Å². The van der Waals surface area contributed by atoms with Crippen molar-refractivity contribution < 1.29 is 32.9 Å². The number of nitrogens with one attached hydrogen (secondary N) is 1. The number of likely N-dealkylation sites (N-methyl/N-ethyl adjacent to an activating group) is 1. The second-order valence-corrected chi connectivity index (χ2v) is 15.8. The van der Waals surface area contributed by atoms with Crippen LogP contribution < -0.4 is 5.32 Å². The Bertz CT molecular complexity index is 773. The van der Waals surface area contributed by atoms with Gasteiger partial charge in [0.1, 0.15) is 13.2 Å². The monoisotopic (exact) mass is 676 g/mol. The Labute approximate surface area is 284 Å². The lowest BCUT2D eigenvalue weighted by molar-refractivity contribution is -0.870. The van der Waals surface area contributed by atoms with Gasteiger partial charge in [-0.2, -0.15) is 0 Å². The smallest absolute Gasteiger partial charge is 0.391 e. The molecule has 0 radical (unpaired) electrons. The van der Waals surface area contributed by atoms with Crippen LogP contribution >= 0.6 is 7.82 Å². The first-order valence-corrected chi connectivity index (χ1v) is 20.5. The number of phosphoric ester groups is 1. The summed E-state index contributed by atoms with van der Waals surface area (Å²) in [7, 11) is 1.61. The fourth-order valence-electron chi connectivity index (χ4n) is 5.39. The Morgan fingerprint density at radius 2 is 1.17 bits per heavy atom. The molecule has 46 heavy (non-hydrogen) atoms. The Balaban J connectivity index is 4.17. The number of allylic oxidation sites excluding steroid dienone is 2. The molecule has 8 nitrogen and oxygen atoms in total. The molecule has 9 heteroatoms. The summed E-state index contributed by atoms with van der Waals surface area (Å²) in [6.07, 6.45) is 31.3. The maximum absolute atomic E-state index is 12.7. The number of hydrogen-bond donors (Lipinski definition) is 3. The van der Waals surface area contributed by atoms with Gasteiger partial charge in [0, 0.05) is 6.42 Å². The van der Waals surface area contributed by atoms with Gasteiger partial charge in [0.2, 0.25) is 5.91 Å². The summed E-state index contributed by atoms with van der Waals surface area (Å²) in [6, 6.07) is -0.753. The van der Waals surface area contributed by atoms with E-state index in [9.17, 15) is 19.4 Å². The molecule has 3 N–H and O–H groups in total. The molecule has 0 aliphatic heterocycles. The highest BCUT2D eigenvalue weighted by molar-refractivity contribution is 7.47. The lowest BCUT2D eigenvalue weighted by Crippen LogP contribution is -2.46. The van der Waals surface area contributed by atoms with Crippen LogP contribution in [0.15, 0.2) is 12.2 Å². The van der Waals surface area contributed by atoms with Crippen LogP contribution in [0.3, 0.4) is 0 Å². The summed E-state index contributed by atoms with van der Waals surface area (Å²) in [5.41, 5.74) is 0. The topological polar surface area (TPSA) is 105 Å². The van der Waals surface area contributed by atoms with E-state index < -0.39 is 20.0 Å². The molecule has 3 unspecified atom stereocenters. The highest BCUT2D eigenvalue weighted by atomic mass is 31.2. The van der Waals surface area contributed by atoms with Gasteiger partial charge in [-0.15, -0.1) is 0 Å². The van der Waals surface area contributed by atoms with Crippen LogP contribution in [0, 0.1) is 0 Å². The number of hydrogen-bond acceptors (Lipinski definition) is 5. The number of nitrogens with zero attached hydrogens (tertiary/aromatic N) is 1. The van der Waals surface area contributed by atoms with Crippen molar-refractivity contribution in [2.24, 2.45) is 0 Å². The minimum atomic E-state index is -4.29. The first-order valence-electron chi connectivity index (χ1n) is 19.1. The lowest BCUT2D eigenvalue weighted by Gasteiger charge is -2.26. The quantitative estimate of drug-likeness (QED) is 0.0272. The molecular weight excluding hydrogens is 599 g/mol. The third kappa shape index (κ3) is 31.8. The molecule has 0 rings (SSSR count). The first-order chi connectivity index (χ1) is 22.0. The Hall–Kier alpha value is -0.760. The Kier molecular flexibility index (Phi) is 29.8. The molecule has 274 valence electrons. The summed E-state index contributed by atoms with van der Waals surface area (Å²) in [4.78, 5) is 22.8. The molecule has 0 bridgehead atoms. The van der Waals surface area contributed by atoms with E-state index in [-0.39, 0.29) is 19.1 Å². The van der Waals surface area contributed by atoms with Gasteiger partial charge < -0.3 is 19.8 Å². The summed E-state index contributed by atoms with van der Waals surface area (Å²) >= 11 is 0. The molecule has 0 fully saturated rings. The standard InChI is InChI=1S/C37H75N2O6P/c1-6-8-10-12-13-14-15-16-17-18-19-20-21-22-23-24-25-27-29-31-37(41)38-35(36(40)30-28-26-11-9-7-2)34-45-46(42,43)44-33-32-39(3,4)5/h16-17,35-36,40H,6-15,18-34H2,1-5H3,(H-,38,41,42,43)/p+1/b17-16-. The number of carbonyl (C=O) groups excluding carboxylic acids is 1. The summed E-state index contributed by atoms with van der Waals surface area (Å²) in [5, 5.41) is 13.7. The zero-order valence-corrected chi connectivity index (χ0v) is 31.7. The number of quaternary nitrogens is 1. The van der Waals surface area contributed by atoms with Crippen molar-refractivity contribution in [2.75, 3.05) is 40.9 Å². The van der Waals surface area contributed by atoms with Gasteiger partial charge in [-0.25, -0.2) is 4.57 Å². The number of aliphatic hydroxyl groups excluding tert-OH is 1. The zero-order chi connectivity index (χ0) is 34.4. The number of rotatable bonds is 34. The van der Waals surface area contributed by atoms with Crippen molar-refractivity contribution in [3.8, 4) is 0 Å². The van der Waals surface area contributed by atoms with Crippen molar-refractivity contribution in [3.05, 3.63) is 12.2 Å². The van der Waals surface area contributed by atoms with Gasteiger partial charge >= 0.3 is 7.82 Å². The van der Waals surface area contributed by atoms with E-state index in [1.54, 1.807) is 0 Å². The van der Waals surface area contributed by atoms with E-state index in [2.05, 4.69) is 31.3 Å². The SMILES string of the molecule is CCCCCCCC/C=C\CCCCCCCCCCCC(=O)NC(COP(=O)(O)OCC[N+](C)(C)C)C(O)CCCCCCC. The second-order valence-electron chi connectivity index (χ2n) is 14.3. The summed E-state index contributed by atoms with van der Waals surface area (Å²) < 4.78 is 23.3. The molecular formula is C37H76N2O6P+. The van der Waals surface area contributed by atoms with E-state index in [0.717, 1.165) is 51.4 Å². The molecule has 0 aliphatic carbocycles. The average molecular weight is 676 g/mol. The van der Waals surface area contributed by atoms with Crippen LogP contribution in [0.5, 0.6) is 0 Å². The lowest BCUT2D eigenvalue weighted by atomic mass is 10.0. The third-order valence-electron chi connectivity index (χ3n) is 8.51. The molecule has 3 atom stereocenters. The molecule has 0 saturated heterocycles. The summed E-state index contributed by atoms with van der Waals surface area (Å²) in [5.74, 6) is -0.154. The molecule has 0 aromatic heterocycles. The van der Waals surface area contributed by atoms with Crippen molar-refractivity contribution >= 4 is 13.7 Å². The predicted molar refractivity (Wildman–Crippen MR) is 194 cm³/mol. The highest BCUT2D eigenvalue weighted by Crippen LogP contribution is 2.43. The fourth-order valence-corrected chi connectivity index (χ4v) is 6.13. The van der Waals surface area contributed by atoms with Gasteiger partial charge in [-0.05, 0) is 38.5 Å². The van der Waals surface area contributed by atoms with Crippen molar-refractivity contribution in [1.82, 2.24) is 5.32 Å². The van der Waals surface area contributed by atoms with Crippen molar-refractivity contribution in [2.45, 2.75) is 180 Å².